The fraction of sp³-hybridized carbons (Fsp3) is 0.500. The fourth-order valence-electron chi connectivity index (χ4n) is 3.30. The molecule has 25 heavy (non-hydrogen) atoms. The molecule has 3 heterocycles. The summed E-state index contributed by atoms with van der Waals surface area (Å²) >= 11 is 0. The van der Waals surface area contributed by atoms with Gasteiger partial charge >= 0.3 is 0 Å². The van der Waals surface area contributed by atoms with Crippen LogP contribution in [0.1, 0.15) is 40.8 Å². The highest BCUT2D eigenvalue weighted by Gasteiger charge is 2.31. The number of imidazole rings is 1. The zero-order valence-corrected chi connectivity index (χ0v) is 14.8. The molecule has 2 aromatic heterocycles. The van der Waals surface area contributed by atoms with Gasteiger partial charge < -0.3 is 19.3 Å². The van der Waals surface area contributed by atoms with Crippen LogP contribution < -0.4 is 4.74 Å². The molecule has 0 bridgehead atoms. The molecule has 1 atom stereocenters. The van der Waals surface area contributed by atoms with Gasteiger partial charge in [-0.2, -0.15) is 0 Å². The Morgan fingerprint density at radius 3 is 2.68 bits per heavy atom. The van der Waals surface area contributed by atoms with Gasteiger partial charge in [-0.3, -0.25) is 4.79 Å². The van der Waals surface area contributed by atoms with Crippen LogP contribution in [0.25, 0.3) is 0 Å². The highest BCUT2D eigenvalue weighted by atomic mass is 16.5. The average Bonchev–Trinajstić information content (AvgIpc) is 3.06. The number of pyridine rings is 1. The van der Waals surface area contributed by atoms with Gasteiger partial charge in [0.25, 0.3) is 5.91 Å². The zero-order chi connectivity index (χ0) is 18.0. The van der Waals surface area contributed by atoms with E-state index in [9.17, 15) is 9.90 Å². The molecule has 0 saturated carbocycles. The van der Waals surface area contributed by atoms with Crippen molar-refractivity contribution < 1.29 is 14.6 Å². The molecule has 1 aliphatic rings. The van der Waals surface area contributed by atoms with Gasteiger partial charge in [-0.1, -0.05) is 0 Å². The summed E-state index contributed by atoms with van der Waals surface area (Å²) in [4.78, 5) is 23.0. The third-order valence-corrected chi connectivity index (χ3v) is 4.81. The van der Waals surface area contributed by atoms with Gasteiger partial charge in [-0.15, -0.1) is 0 Å². The molecule has 3 rings (SSSR count). The molecule has 1 fully saturated rings. The Hall–Kier alpha value is -2.41. The smallest absolute Gasteiger partial charge is 0.276 e. The van der Waals surface area contributed by atoms with Crippen molar-refractivity contribution in [2.24, 2.45) is 13.0 Å². The summed E-state index contributed by atoms with van der Waals surface area (Å²) in [7, 11) is 3.42. The molecular weight excluding hydrogens is 320 g/mol. The van der Waals surface area contributed by atoms with Gasteiger partial charge in [0.2, 0.25) is 0 Å². The van der Waals surface area contributed by atoms with Crippen molar-refractivity contribution in [3.05, 3.63) is 41.7 Å². The van der Waals surface area contributed by atoms with Crippen LogP contribution in [-0.4, -0.2) is 50.6 Å². The number of aromatic nitrogens is 3. The predicted octanol–water partition coefficient (Wildman–Crippen LogP) is 1.72. The van der Waals surface area contributed by atoms with E-state index in [4.69, 9.17) is 4.74 Å². The summed E-state index contributed by atoms with van der Waals surface area (Å²) < 4.78 is 7.14. The second kappa shape index (κ2) is 7.23. The fourth-order valence-corrected chi connectivity index (χ4v) is 3.30. The van der Waals surface area contributed by atoms with Crippen molar-refractivity contribution >= 4 is 5.91 Å². The number of nitrogens with zero attached hydrogens (tertiary/aromatic N) is 4. The largest absolute Gasteiger partial charge is 0.494 e. The molecule has 7 heteroatoms. The second-order valence-corrected chi connectivity index (χ2v) is 6.53. The summed E-state index contributed by atoms with van der Waals surface area (Å²) in [5.74, 6) is 1.15. The third-order valence-electron chi connectivity index (χ3n) is 4.81. The summed E-state index contributed by atoms with van der Waals surface area (Å²) in [6, 6.07) is 1.82. The van der Waals surface area contributed by atoms with E-state index in [1.807, 2.05) is 30.8 Å². The number of piperidine rings is 1. The Labute approximate surface area is 147 Å². The van der Waals surface area contributed by atoms with Gasteiger partial charge in [0, 0.05) is 38.7 Å². The van der Waals surface area contributed by atoms with Crippen molar-refractivity contribution in [2.75, 3.05) is 20.2 Å². The Balaban J connectivity index is 1.66. The Bertz CT molecular complexity index is 751. The van der Waals surface area contributed by atoms with Crippen molar-refractivity contribution in [1.82, 2.24) is 19.4 Å². The minimum atomic E-state index is -0.607. The maximum Gasteiger partial charge on any atom is 0.276 e. The van der Waals surface area contributed by atoms with Crippen molar-refractivity contribution in [3.8, 4) is 5.75 Å². The van der Waals surface area contributed by atoms with Crippen LogP contribution in [0.5, 0.6) is 5.75 Å². The maximum atomic E-state index is 12.8. The number of rotatable bonds is 4. The number of methoxy groups -OCH3 is 1. The molecule has 1 amide bonds. The minimum Gasteiger partial charge on any atom is -0.494 e. The lowest BCUT2D eigenvalue weighted by Gasteiger charge is -2.34. The highest BCUT2D eigenvalue weighted by Crippen LogP contribution is 2.30. The Kier molecular flexibility index (Phi) is 5.03. The normalized spacial score (nSPS) is 16.7. The van der Waals surface area contributed by atoms with Gasteiger partial charge in [-0.25, -0.2) is 9.97 Å². The molecule has 0 radical (unpaired) electrons. The zero-order valence-electron chi connectivity index (χ0n) is 14.8. The first-order valence-corrected chi connectivity index (χ1v) is 8.46. The van der Waals surface area contributed by atoms with E-state index in [0.29, 0.717) is 30.4 Å². The topological polar surface area (TPSA) is 80.5 Å². The van der Waals surface area contributed by atoms with E-state index in [1.165, 1.54) is 0 Å². The number of carbonyl (C=O) groups is 1. The molecule has 0 spiro atoms. The van der Waals surface area contributed by atoms with E-state index in [-0.39, 0.29) is 11.8 Å². The number of carbonyl (C=O) groups excluding carboxylic acids is 1. The summed E-state index contributed by atoms with van der Waals surface area (Å²) in [5.41, 5.74) is 1.29. The van der Waals surface area contributed by atoms with Gasteiger partial charge in [0.1, 0.15) is 17.7 Å². The standard InChI is InChI=1S/C18H24N4O3/c1-12-10-14(25-3)15(20-11-12)18(24)22-7-4-13(5-8-22)16(23)17-19-6-9-21(17)2/h6,9-11,13,16,23H,4-5,7-8H2,1-3H3. The van der Waals surface area contributed by atoms with E-state index in [2.05, 4.69) is 9.97 Å². The number of aryl methyl sites for hydroxylation is 2. The Morgan fingerprint density at radius 2 is 2.08 bits per heavy atom. The van der Waals surface area contributed by atoms with E-state index in [0.717, 1.165) is 18.4 Å². The number of aliphatic hydroxyl groups excluding tert-OH is 1. The summed E-state index contributed by atoms with van der Waals surface area (Å²) in [6.07, 6.45) is 6.04. The molecule has 1 unspecified atom stereocenters. The van der Waals surface area contributed by atoms with Crippen molar-refractivity contribution in [3.63, 3.8) is 0 Å². The molecule has 7 nitrogen and oxygen atoms in total. The van der Waals surface area contributed by atoms with Crippen molar-refractivity contribution in [2.45, 2.75) is 25.9 Å². The first kappa shape index (κ1) is 17.4. The van der Waals surface area contributed by atoms with Gasteiger partial charge in [0.05, 0.1) is 7.11 Å². The third kappa shape index (κ3) is 3.51. The van der Waals surface area contributed by atoms with Crippen molar-refractivity contribution in [1.29, 1.82) is 0 Å². The van der Waals surface area contributed by atoms with Gasteiger partial charge in [-0.05, 0) is 37.3 Å². The number of ether oxygens (including phenoxy) is 1. The first-order chi connectivity index (χ1) is 12.0. The molecule has 134 valence electrons. The molecule has 0 aromatic carbocycles. The van der Waals surface area contributed by atoms with E-state index < -0.39 is 6.10 Å². The van der Waals surface area contributed by atoms with Crippen LogP contribution in [0.4, 0.5) is 0 Å². The number of hydrogen-bond acceptors (Lipinski definition) is 5. The first-order valence-electron chi connectivity index (χ1n) is 8.46. The monoisotopic (exact) mass is 344 g/mol. The van der Waals surface area contributed by atoms with E-state index in [1.54, 1.807) is 24.4 Å². The van der Waals surface area contributed by atoms with Crippen LogP contribution in [0, 0.1) is 12.8 Å². The molecular formula is C18H24N4O3. The lowest BCUT2D eigenvalue weighted by Crippen LogP contribution is -2.40. The summed E-state index contributed by atoms with van der Waals surface area (Å²) in [6.45, 7) is 3.08. The maximum absolute atomic E-state index is 12.8. The number of amides is 1. The van der Waals surface area contributed by atoms with Gasteiger partial charge in [0.15, 0.2) is 5.69 Å². The van der Waals surface area contributed by atoms with E-state index >= 15 is 0 Å². The van der Waals surface area contributed by atoms with Crippen LogP contribution in [0.3, 0.4) is 0 Å². The minimum absolute atomic E-state index is 0.0954. The molecule has 1 saturated heterocycles. The quantitative estimate of drug-likeness (QED) is 0.913. The van der Waals surface area contributed by atoms with Crippen LogP contribution in [0.2, 0.25) is 0 Å². The molecule has 0 aliphatic carbocycles. The van der Waals surface area contributed by atoms with Crippen LogP contribution in [0.15, 0.2) is 24.7 Å². The molecule has 2 aromatic rings. The number of hydrogen-bond donors (Lipinski definition) is 1. The van der Waals surface area contributed by atoms with Crippen LogP contribution >= 0.6 is 0 Å². The molecule has 1 N–H and O–H groups in total. The number of likely N-dealkylation sites (tertiary alicyclic amines) is 1. The lowest BCUT2D eigenvalue weighted by molar-refractivity contribution is 0.0415. The highest BCUT2D eigenvalue weighted by molar-refractivity contribution is 5.95. The summed E-state index contributed by atoms with van der Waals surface area (Å²) in [5, 5.41) is 10.6. The second-order valence-electron chi connectivity index (χ2n) is 6.53. The Morgan fingerprint density at radius 1 is 1.36 bits per heavy atom. The SMILES string of the molecule is COc1cc(C)cnc1C(=O)N1CCC(C(O)c2nccn2C)CC1. The van der Waals surface area contributed by atoms with Crippen LogP contribution in [-0.2, 0) is 7.05 Å². The lowest BCUT2D eigenvalue weighted by atomic mass is 9.90. The molecule has 1 aliphatic heterocycles. The number of aliphatic hydroxyl groups is 1. The average molecular weight is 344 g/mol. The predicted molar refractivity (Wildman–Crippen MR) is 92.3 cm³/mol.